The summed E-state index contributed by atoms with van der Waals surface area (Å²) in [6, 6.07) is 6.80. The third-order valence-corrected chi connectivity index (χ3v) is 4.54. The largest absolute Gasteiger partial charge is 0.471 e. The number of alkyl halides is 4. The summed E-state index contributed by atoms with van der Waals surface area (Å²) < 4.78 is 36.6. The molecule has 0 bridgehead atoms. The first-order chi connectivity index (χ1) is 8.19. The van der Waals surface area contributed by atoms with Gasteiger partial charge in [-0.2, -0.15) is 13.2 Å². The van der Waals surface area contributed by atoms with Crippen LogP contribution in [0, 0.1) is 0 Å². The summed E-state index contributed by atoms with van der Waals surface area (Å²) in [5.41, 5.74) is 0.617. The van der Waals surface area contributed by atoms with Crippen molar-refractivity contribution in [1.29, 1.82) is 0 Å². The van der Waals surface area contributed by atoms with E-state index in [1.165, 1.54) is 0 Å². The van der Waals surface area contributed by atoms with Crippen molar-refractivity contribution in [3.05, 3.63) is 34.3 Å². The summed E-state index contributed by atoms with van der Waals surface area (Å²) in [6.07, 6.45) is -4.53. The standard InChI is InChI=1S/C11H10BrF3INO/c1-2-10(16,17-9(18)11(13,14)15)7-3-5-8(12)6-4-7/h3-6H,2H2,1H3,(H,17,18). The smallest absolute Gasteiger partial charge is 0.330 e. The minimum atomic E-state index is -4.87. The fraction of sp³-hybridized carbons (Fsp3) is 0.364. The normalized spacial score (nSPS) is 15.0. The van der Waals surface area contributed by atoms with Crippen LogP contribution >= 0.6 is 38.5 Å². The molecule has 0 saturated carbocycles. The lowest BCUT2D eigenvalue weighted by Gasteiger charge is -2.28. The maximum absolute atomic E-state index is 12.3. The van der Waals surface area contributed by atoms with Gasteiger partial charge in [0.15, 0.2) is 0 Å². The second-order valence-electron chi connectivity index (χ2n) is 3.61. The van der Waals surface area contributed by atoms with Gasteiger partial charge in [0.25, 0.3) is 0 Å². The fourth-order valence-electron chi connectivity index (χ4n) is 1.33. The minimum absolute atomic E-state index is 0.344. The predicted molar refractivity (Wildman–Crippen MR) is 74.3 cm³/mol. The van der Waals surface area contributed by atoms with E-state index in [-0.39, 0.29) is 0 Å². The van der Waals surface area contributed by atoms with Crippen LogP contribution in [-0.4, -0.2) is 12.1 Å². The van der Waals surface area contributed by atoms with Crippen molar-refractivity contribution in [3.8, 4) is 0 Å². The Morgan fingerprint density at radius 2 is 1.83 bits per heavy atom. The van der Waals surface area contributed by atoms with Crippen LogP contribution in [0.25, 0.3) is 0 Å². The number of benzene rings is 1. The van der Waals surface area contributed by atoms with Crippen LogP contribution in [0.4, 0.5) is 13.2 Å². The number of amides is 1. The van der Waals surface area contributed by atoms with Gasteiger partial charge in [0.05, 0.1) is 0 Å². The van der Waals surface area contributed by atoms with E-state index in [2.05, 4.69) is 15.9 Å². The number of hydrogen-bond donors (Lipinski definition) is 1. The monoisotopic (exact) mass is 435 g/mol. The number of carbonyl (C=O) groups is 1. The molecular formula is C11H10BrF3INO. The molecular weight excluding hydrogens is 426 g/mol. The van der Waals surface area contributed by atoms with E-state index in [1.54, 1.807) is 31.2 Å². The van der Waals surface area contributed by atoms with E-state index in [1.807, 2.05) is 27.9 Å². The molecule has 1 aromatic carbocycles. The highest BCUT2D eigenvalue weighted by Crippen LogP contribution is 2.34. The molecule has 18 heavy (non-hydrogen) atoms. The second kappa shape index (κ2) is 5.77. The Bertz CT molecular complexity index is 435. The van der Waals surface area contributed by atoms with Crippen molar-refractivity contribution in [2.75, 3.05) is 0 Å². The predicted octanol–water partition coefficient (Wildman–Crippen LogP) is 4.13. The number of halogens is 5. The maximum Gasteiger partial charge on any atom is 0.471 e. The quantitative estimate of drug-likeness (QED) is 0.432. The molecule has 0 aromatic heterocycles. The summed E-state index contributed by atoms with van der Waals surface area (Å²) in [7, 11) is 0. The summed E-state index contributed by atoms with van der Waals surface area (Å²) in [4.78, 5) is 11.0. The van der Waals surface area contributed by atoms with Gasteiger partial charge in [-0.25, -0.2) is 0 Å². The van der Waals surface area contributed by atoms with Crippen molar-refractivity contribution in [2.24, 2.45) is 0 Å². The summed E-state index contributed by atoms with van der Waals surface area (Å²) in [5.74, 6) is -1.93. The van der Waals surface area contributed by atoms with Crippen LogP contribution in [0.1, 0.15) is 18.9 Å². The Morgan fingerprint density at radius 3 is 2.22 bits per heavy atom. The first kappa shape index (κ1) is 15.7. The summed E-state index contributed by atoms with van der Waals surface area (Å²) in [5, 5.41) is 2.03. The van der Waals surface area contributed by atoms with Gasteiger partial charge >= 0.3 is 12.1 Å². The molecule has 0 radical (unpaired) electrons. The molecule has 1 rings (SSSR count). The van der Waals surface area contributed by atoms with Gasteiger partial charge in [-0.1, -0.05) is 35.0 Å². The minimum Gasteiger partial charge on any atom is -0.330 e. The van der Waals surface area contributed by atoms with Crippen molar-refractivity contribution in [3.63, 3.8) is 0 Å². The third-order valence-electron chi connectivity index (χ3n) is 2.36. The highest BCUT2D eigenvalue weighted by Gasteiger charge is 2.43. The molecule has 1 aromatic rings. The Balaban J connectivity index is 2.99. The van der Waals surface area contributed by atoms with Gasteiger partial charge < -0.3 is 5.32 Å². The molecule has 0 aliphatic heterocycles. The average molecular weight is 436 g/mol. The van der Waals surface area contributed by atoms with Crippen LogP contribution in [0.15, 0.2) is 28.7 Å². The molecule has 0 spiro atoms. The van der Waals surface area contributed by atoms with Crippen molar-refractivity contribution in [2.45, 2.75) is 23.1 Å². The number of nitrogens with one attached hydrogen (secondary N) is 1. The molecule has 0 heterocycles. The Hall–Kier alpha value is -0.310. The van der Waals surface area contributed by atoms with Crippen LogP contribution < -0.4 is 5.32 Å². The SMILES string of the molecule is CCC(I)(NC(=O)C(F)(F)F)c1ccc(Br)cc1. The Morgan fingerprint density at radius 1 is 1.33 bits per heavy atom. The molecule has 2 nitrogen and oxygen atoms in total. The van der Waals surface area contributed by atoms with Gasteiger partial charge in [-0.15, -0.1) is 0 Å². The zero-order valence-corrected chi connectivity index (χ0v) is 13.1. The molecule has 1 unspecified atom stereocenters. The van der Waals surface area contributed by atoms with E-state index < -0.39 is 15.6 Å². The van der Waals surface area contributed by atoms with E-state index in [0.717, 1.165) is 4.47 Å². The summed E-state index contributed by atoms with van der Waals surface area (Å²) >= 11 is 5.07. The van der Waals surface area contributed by atoms with Gasteiger partial charge in [-0.05, 0) is 46.7 Å². The van der Waals surface area contributed by atoms with E-state index >= 15 is 0 Å². The lowest BCUT2D eigenvalue weighted by molar-refractivity contribution is -0.174. The molecule has 0 aliphatic rings. The Labute approximate surface area is 125 Å². The van der Waals surface area contributed by atoms with Gasteiger partial charge in [-0.3, -0.25) is 4.79 Å². The second-order valence-corrected chi connectivity index (χ2v) is 6.37. The zero-order valence-electron chi connectivity index (χ0n) is 9.31. The average Bonchev–Trinajstić information content (AvgIpc) is 2.28. The lowest BCUT2D eigenvalue weighted by atomic mass is 10.0. The molecule has 0 saturated heterocycles. The molecule has 0 fully saturated rings. The number of rotatable bonds is 3. The highest BCUT2D eigenvalue weighted by atomic mass is 127. The van der Waals surface area contributed by atoms with Crippen LogP contribution in [0.2, 0.25) is 0 Å². The third kappa shape index (κ3) is 3.84. The van der Waals surface area contributed by atoms with Crippen molar-refractivity contribution in [1.82, 2.24) is 5.32 Å². The van der Waals surface area contributed by atoms with Crippen LogP contribution in [0.3, 0.4) is 0 Å². The Kier molecular flexibility index (Phi) is 5.05. The topological polar surface area (TPSA) is 29.1 Å². The number of hydrogen-bond acceptors (Lipinski definition) is 1. The molecule has 1 atom stereocenters. The van der Waals surface area contributed by atoms with E-state index in [0.29, 0.717) is 12.0 Å². The van der Waals surface area contributed by atoms with Crippen LogP contribution in [0.5, 0.6) is 0 Å². The van der Waals surface area contributed by atoms with Gasteiger partial charge in [0.1, 0.15) is 3.55 Å². The van der Waals surface area contributed by atoms with Crippen LogP contribution in [-0.2, 0) is 8.34 Å². The van der Waals surface area contributed by atoms with E-state index in [4.69, 9.17) is 0 Å². The summed E-state index contributed by atoms with van der Waals surface area (Å²) in [6.45, 7) is 1.71. The molecule has 0 aliphatic carbocycles. The fourth-order valence-corrected chi connectivity index (χ4v) is 2.20. The van der Waals surface area contributed by atoms with Crippen molar-refractivity contribution >= 4 is 44.4 Å². The first-order valence-corrected chi connectivity index (χ1v) is 6.90. The first-order valence-electron chi connectivity index (χ1n) is 5.03. The molecule has 7 heteroatoms. The number of carbonyl (C=O) groups excluding carboxylic acids is 1. The molecule has 1 N–H and O–H groups in total. The zero-order chi connectivity index (χ0) is 14.0. The molecule has 1 amide bonds. The maximum atomic E-state index is 12.3. The highest BCUT2D eigenvalue weighted by molar-refractivity contribution is 14.1. The lowest BCUT2D eigenvalue weighted by Crippen LogP contribution is -2.46. The van der Waals surface area contributed by atoms with Gasteiger partial charge in [0.2, 0.25) is 0 Å². The van der Waals surface area contributed by atoms with Gasteiger partial charge in [0, 0.05) is 4.47 Å². The molecule has 100 valence electrons. The van der Waals surface area contributed by atoms with Crippen molar-refractivity contribution < 1.29 is 18.0 Å². The van der Waals surface area contributed by atoms with E-state index in [9.17, 15) is 18.0 Å².